The smallest absolute Gasteiger partial charge is 0.164 e. The highest BCUT2D eigenvalue weighted by molar-refractivity contribution is 5.96. The molecular weight excluding hydrogens is 206 g/mol. The summed E-state index contributed by atoms with van der Waals surface area (Å²) in [5.41, 5.74) is 0.535. The number of carbonyl (C=O) groups excluding carboxylic acids is 1. The molecule has 0 saturated heterocycles. The van der Waals surface area contributed by atoms with E-state index in [2.05, 4.69) is 10.1 Å². The number of Topliss-reactive ketones (excluding diaryl/α,β-unsaturated/α-hetero) is 1. The molecule has 5 heteroatoms. The first-order valence-electron chi connectivity index (χ1n) is 4.77. The van der Waals surface area contributed by atoms with Crippen LogP contribution >= 0.6 is 0 Å². The number of rotatable bonds is 3. The van der Waals surface area contributed by atoms with Crippen LogP contribution in [0.3, 0.4) is 0 Å². The van der Waals surface area contributed by atoms with Crippen LogP contribution < -0.4 is 4.74 Å². The number of methoxy groups -OCH3 is 1. The fourth-order valence-electron chi connectivity index (χ4n) is 1.38. The number of hydrogen-bond acceptors (Lipinski definition) is 4. The number of aromatic nitrogens is 3. The molecule has 0 spiro atoms. The average molecular weight is 217 g/mol. The van der Waals surface area contributed by atoms with E-state index in [1.54, 1.807) is 37.8 Å². The molecule has 16 heavy (non-hydrogen) atoms. The van der Waals surface area contributed by atoms with Gasteiger partial charge in [0, 0.05) is 6.20 Å². The highest BCUT2D eigenvalue weighted by atomic mass is 16.5. The lowest BCUT2D eigenvalue weighted by Gasteiger charge is -2.04. The summed E-state index contributed by atoms with van der Waals surface area (Å²) < 4.78 is 6.54. The highest BCUT2D eigenvalue weighted by Gasteiger charge is 2.10. The number of ether oxygens (including phenoxy) is 1. The summed E-state index contributed by atoms with van der Waals surface area (Å²) in [5, 5.41) is 4.08. The normalized spacial score (nSPS) is 10.1. The number of pyridine rings is 1. The molecule has 0 fully saturated rings. The Hall–Kier alpha value is -2.17. The SMILES string of the molecule is COc1cnn(-c2ncccc2C(C)=O)c1. The van der Waals surface area contributed by atoms with Gasteiger partial charge in [-0.3, -0.25) is 4.79 Å². The molecule has 0 atom stereocenters. The fraction of sp³-hybridized carbons (Fsp3) is 0.182. The van der Waals surface area contributed by atoms with Gasteiger partial charge in [0.25, 0.3) is 0 Å². The zero-order chi connectivity index (χ0) is 11.5. The predicted octanol–water partition coefficient (Wildman–Crippen LogP) is 1.48. The Kier molecular flexibility index (Phi) is 2.68. The Balaban J connectivity index is 2.50. The molecule has 0 radical (unpaired) electrons. The first kappa shape index (κ1) is 10.4. The first-order chi connectivity index (χ1) is 7.72. The minimum Gasteiger partial charge on any atom is -0.493 e. The topological polar surface area (TPSA) is 57.0 Å². The molecule has 2 aromatic heterocycles. The summed E-state index contributed by atoms with van der Waals surface area (Å²) in [6.07, 6.45) is 4.86. The van der Waals surface area contributed by atoms with E-state index in [1.807, 2.05) is 0 Å². The van der Waals surface area contributed by atoms with Gasteiger partial charge in [-0.2, -0.15) is 5.10 Å². The maximum absolute atomic E-state index is 11.4. The minimum absolute atomic E-state index is 0.0439. The van der Waals surface area contributed by atoms with Gasteiger partial charge in [-0.1, -0.05) is 0 Å². The van der Waals surface area contributed by atoms with Crippen molar-refractivity contribution in [2.24, 2.45) is 0 Å². The van der Waals surface area contributed by atoms with Gasteiger partial charge in [-0.05, 0) is 19.1 Å². The lowest BCUT2D eigenvalue weighted by atomic mass is 10.2. The number of hydrogen-bond donors (Lipinski definition) is 0. The summed E-state index contributed by atoms with van der Waals surface area (Å²) in [4.78, 5) is 15.5. The van der Waals surface area contributed by atoms with Crippen LogP contribution in [0.5, 0.6) is 5.75 Å². The van der Waals surface area contributed by atoms with E-state index >= 15 is 0 Å². The van der Waals surface area contributed by atoms with Crippen molar-refractivity contribution in [2.75, 3.05) is 7.11 Å². The van der Waals surface area contributed by atoms with Gasteiger partial charge in [-0.25, -0.2) is 9.67 Å². The number of nitrogens with zero attached hydrogens (tertiary/aromatic N) is 3. The maximum Gasteiger partial charge on any atom is 0.164 e. The molecule has 0 amide bonds. The van der Waals surface area contributed by atoms with E-state index in [0.29, 0.717) is 17.1 Å². The van der Waals surface area contributed by atoms with E-state index in [4.69, 9.17) is 4.74 Å². The van der Waals surface area contributed by atoms with Gasteiger partial charge in [0.1, 0.15) is 0 Å². The summed E-state index contributed by atoms with van der Waals surface area (Å²) in [7, 11) is 1.56. The summed E-state index contributed by atoms with van der Waals surface area (Å²) in [6.45, 7) is 1.50. The molecule has 0 aliphatic heterocycles. The summed E-state index contributed by atoms with van der Waals surface area (Å²) in [5.74, 6) is 1.09. The molecule has 2 aromatic rings. The van der Waals surface area contributed by atoms with Gasteiger partial charge in [-0.15, -0.1) is 0 Å². The van der Waals surface area contributed by atoms with Gasteiger partial charge in [0.2, 0.25) is 0 Å². The van der Waals surface area contributed by atoms with Crippen molar-refractivity contribution in [3.05, 3.63) is 36.3 Å². The van der Waals surface area contributed by atoms with Crippen LogP contribution in [0.1, 0.15) is 17.3 Å². The Labute approximate surface area is 92.7 Å². The third-order valence-corrected chi connectivity index (χ3v) is 2.18. The van der Waals surface area contributed by atoms with Crippen molar-refractivity contribution in [1.82, 2.24) is 14.8 Å². The first-order valence-corrected chi connectivity index (χ1v) is 4.77. The molecule has 2 rings (SSSR count). The van der Waals surface area contributed by atoms with Crippen molar-refractivity contribution in [3.8, 4) is 11.6 Å². The zero-order valence-corrected chi connectivity index (χ0v) is 9.04. The van der Waals surface area contributed by atoms with Crippen molar-refractivity contribution in [1.29, 1.82) is 0 Å². The summed E-state index contributed by atoms with van der Waals surface area (Å²) >= 11 is 0. The monoisotopic (exact) mass is 217 g/mol. The Morgan fingerprint density at radius 2 is 2.31 bits per heavy atom. The second kappa shape index (κ2) is 4.14. The van der Waals surface area contributed by atoms with Crippen LogP contribution in [-0.4, -0.2) is 27.7 Å². The van der Waals surface area contributed by atoms with Crippen LogP contribution in [0.25, 0.3) is 5.82 Å². The predicted molar refractivity (Wildman–Crippen MR) is 57.9 cm³/mol. The molecule has 0 aliphatic carbocycles. The van der Waals surface area contributed by atoms with E-state index in [1.165, 1.54) is 11.6 Å². The number of carbonyl (C=O) groups is 1. The Bertz CT molecular complexity index is 519. The minimum atomic E-state index is -0.0439. The lowest BCUT2D eigenvalue weighted by molar-refractivity contribution is 0.101. The molecule has 0 aliphatic rings. The molecule has 0 N–H and O–H groups in total. The second-order valence-corrected chi connectivity index (χ2v) is 3.26. The largest absolute Gasteiger partial charge is 0.493 e. The van der Waals surface area contributed by atoms with Crippen LogP contribution in [0.4, 0.5) is 0 Å². The molecule has 0 aromatic carbocycles. The van der Waals surface area contributed by atoms with Crippen LogP contribution in [0, 0.1) is 0 Å². The molecule has 0 bridgehead atoms. The van der Waals surface area contributed by atoms with Crippen molar-refractivity contribution in [2.45, 2.75) is 6.92 Å². The second-order valence-electron chi connectivity index (χ2n) is 3.26. The van der Waals surface area contributed by atoms with Crippen LogP contribution in [-0.2, 0) is 0 Å². The van der Waals surface area contributed by atoms with Gasteiger partial charge in [0.15, 0.2) is 17.4 Å². The van der Waals surface area contributed by atoms with Gasteiger partial charge in [0.05, 0.1) is 25.1 Å². The molecular formula is C11H11N3O2. The quantitative estimate of drug-likeness (QED) is 0.731. The zero-order valence-electron chi connectivity index (χ0n) is 9.04. The molecule has 82 valence electrons. The van der Waals surface area contributed by atoms with Crippen molar-refractivity contribution in [3.63, 3.8) is 0 Å². The van der Waals surface area contributed by atoms with Gasteiger partial charge < -0.3 is 4.74 Å². The lowest BCUT2D eigenvalue weighted by Crippen LogP contribution is -2.05. The molecule has 2 heterocycles. The van der Waals surface area contributed by atoms with Crippen LogP contribution in [0.15, 0.2) is 30.7 Å². The summed E-state index contributed by atoms with van der Waals surface area (Å²) in [6, 6.07) is 3.44. The molecule has 0 saturated carbocycles. The van der Waals surface area contributed by atoms with Crippen molar-refractivity contribution >= 4 is 5.78 Å². The fourth-order valence-corrected chi connectivity index (χ4v) is 1.38. The van der Waals surface area contributed by atoms with E-state index in [-0.39, 0.29) is 5.78 Å². The average Bonchev–Trinajstić information content (AvgIpc) is 2.77. The van der Waals surface area contributed by atoms with Crippen molar-refractivity contribution < 1.29 is 9.53 Å². The third-order valence-electron chi connectivity index (χ3n) is 2.18. The standard InChI is InChI=1S/C11H11N3O2/c1-8(15)10-4-3-5-12-11(10)14-7-9(16-2)6-13-14/h3-7H,1-2H3. The van der Waals surface area contributed by atoms with Crippen LogP contribution in [0.2, 0.25) is 0 Å². The highest BCUT2D eigenvalue weighted by Crippen LogP contribution is 2.15. The van der Waals surface area contributed by atoms with E-state index in [9.17, 15) is 4.79 Å². The van der Waals surface area contributed by atoms with Gasteiger partial charge >= 0.3 is 0 Å². The Morgan fingerprint density at radius 1 is 1.50 bits per heavy atom. The van der Waals surface area contributed by atoms with E-state index in [0.717, 1.165) is 0 Å². The maximum atomic E-state index is 11.4. The third kappa shape index (κ3) is 1.79. The van der Waals surface area contributed by atoms with E-state index < -0.39 is 0 Å². The molecule has 0 unspecified atom stereocenters. The Morgan fingerprint density at radius 3 is 2.94 bits per heavy atom. The number of ketones is 1. The molecule has 5 nitrogen and oxygen atoms in total.